The summed E-state index contributed by atoms with van der Waals surface area (Å²) in [5, 5.41) is 6.72. The minimum atomic E-state index is -0.710. The Labute approximate surface area is 125 Å². The Hall–Kier alpha value is -1.90. The van der Waals surface area contributed by atoms with E-state index in [4.69, 9.17) is 9.15 Å². The van der Waals surface area contributed by atoms with Gasteiger partial charge in [-0.2, -0.15) is 0 Å². The largest absolute Gasteiger partial charge is 0.459 e. The van der Waals surface area contributed by atoms with Crippen LogP contribution in [0.25, 0.3) is 0 Å². The average molecular weight is 313 g/mol. The van der Waals surface area contributed by atoms with E-state index in [1.807, 2.05) is 6.92 Å². The third kappa shape index (κ3) is 3.41. The van der Waals surface area contributed by atoms with Crippen molar-refractivity contribution in [3.8, 4) is 0 Å². The number of carbonyl (C=O) groups excluding carboxylic acids is 3. The summed E-state index contributed by atoms with van der Waals surface area (Å²) in [4.78, 5) is 36.4. The second-order valence-electron chi connectivity index (χ2n) is 4.29. The van der Waals surface area contributed by atoms with Gasteiger partial charge in [0.2, 0.25) is 11.8 Å². The number of nitrogens with zero attached hydrogens (tertiary/aromatic N) is 3. The molecule has 1 aromatic heterocycles. The van der Waals surface area contributed by atoms with E-state index < -0.39 is 11.2 Å². The van der Waals surface area contributed by atoms with Crippen molar-refractivity contribution in [1.29, 1.82) is 0 Å². The second kappa shape index (κ2) is 6.70. The first-order valence-electron chi connectivity index (χ1n) is 6.58. The molecule has 1 aliphatic rings. The van der Waals surface area contributed by atoms with Crippen molar-refractivity contribution in [2.45, 2.75) is 37.2 Å². The molecular formula is C12H15N3O5S. The number of carbonyl (C=O) groups is 3. The van der Waals surface area contributed by atoms with Crippen LogP contribution in [0.4, 0.5) is 0 Å². The number of hydrogen-bond acceptors (Lipinski definition) is 8. The molecule has 1 unspecified atom stereocenters. The lowest BCUT2D eigenvalue weighted by atomic mass is 10.4. The van der Waals surface area contributed by atoms with Gasteiger partial charge in [-0.25, -0.2) is 4.79 Å². The van der Waals surface area contributed by atoms with Crippen LogP contribution in [0, 0.1) is 0 Å². The van der Waals surface area contributed by atoms with E-state index >= 15 is 0 Å². The van der Waals surface area contributed by atoms with E-state index in [1.165, 1.54) is 4.90 Å². The summed E-state index contributed by atoms with van der Waals surface area (Å²) >= 11 is 0.989. The van der Waals surface area contributed by atoms with Crippen LogP contribution in [0.15, 0.2) is 9.64 Å². The maximum atomic E-state index is 12.1. The SMILES string of the molecule is CCCN1C(=O)CC(Sc2nnc(C(=O)OCC)o2)C1=O. The molecule has 0 N–H and O–H groups in total. The predicted molar refractivity (Wildman–Crippen MR) is 71.5 cm³/mol. The standard InChI is InChI=1S/C12H15N3O5S/c1-3-5-15-8(16)6-7(10(15)17)21-12-14-13-9(20-12)11(18)19-4-2/h7H,3-6H2,1-2H3. The number of thioether (sulfide) groups is 1. The fraction of sp³-hybridized carbons (Fsp3) is 0.583. The topological polar surface area (TPSA) is 103 Å². The normalized spacial score (nSPS) is 18.4. The second-order valence-corrected chi connectivity index (χ2v) is 5.44. The minimum Gasteiger partial charge on any atom is -0.459 e. The van der Waals surface area contributed by atoms with Crippen LogP contribution in [-0.2, 0) is 14.3 Å². The fourth-order valence-corrected chi connectivity index (χ4v) is 2.77. The van der Waals surface area contributed by atoms with E-state index in [2.05, 4.69) is 10.2 Å². The monoisotopic (exact) mass is 313 g/mol. The molecule has 0 radical (unpaired) electrons. The highest BCUT2D eigenvalue weighted by Crippen LogP contribution is 2.30. The highest BCUT2D eigenvalue weighted by molar-refractivity contribution is 8.00. The molecule has 0 spiro atoms. The van der Waals surface area contributed by atoms with Gasteiger partial charge in [0, 0.05) is 13.0 Å². The van der Waals surface area contributed by atoms with Crippen molar-refractivity contribution in [2.75, 3.05) is 13.2 Å². The molecule has 0 aliphatic carbocycles. The Morgan fingerprint density at radius 1 is 1.43 bits per heavy atom. The van der Waals surface area contributed by atoms with Gasteiger partial charge in [0.25, 0.3) is 5.22 Å². The molecule has 1 atom stereocenters. The van der Waals surface area contributed by atoms with Crippen LogP contribution < -0.4 is 0 Å². The molecule has 9 heteroatoms. The van der Waals surface area contributed by atoms with Gasteiger partial charge in [-0.15, -0.1) is 5.10 Å². The highest BCUT2D eigenvalue weighted by Gasteiger charge is 2.39. The zero-order valence-corrected chi connectivity index (χ0v) is 12.5. The maximum Gasteiger partial charge on any atom is 0.396 e. The Bertz CT molecular complexity index is 559. The molecule has 1 aromatic rings. The van der Waals surface area contributed by atoms with Crippen LogP contribution in [0.1, 0.15) is 37.4 Å². The van der Waals surface area contributed by atoms with Crippen molar-refractivity contribution in [3.63, 3.8) is 0 Å². The van der Waals surface area contributed by atoms with E-state index in [1.54, 1.807) is 6.92 Å². The number of imide groups is 1. The number of rotatable bonds is 6. The lowest BCUT2D eigenvalue weighted by Crippen LogP contribution is -2.31. The van der Waals surface area contributed by atoms with E-state index in [-0.39, 0.29) is 36.0 Å². The molecule has 0 bridgehead atoms. The molecule has 2 rings (SSSR count). The lowest BCUT2D eigenvalue weighted by Gasteiger charge is -2.12. The van der Waals surface area contributed by atoms with E-state index in [0.717, 1.165) is 11.8 Å². The molecule has 0 saturated carbocycles. The van der Waals surface area contributed by atoms with Gasteiger partial charge in [0.15, 0.2) is 0 Å². The smallest absolute Gasteiger partial charge is 0.396 e. The zero-order chi connectivity index (χ0) is 15.4. The van der Waals surface area contributed by atoms with E-state index in [0.29, 0.717) is 13.0 Å². The quantitative estimate of drug-likeness (QED) is 0.563. The molecule has 8 nitrogen and oxygen atoms in total. The van der Waals surface area contributed by atoms with Crippen LogP contribution in [0.2, 0.25) is 0 Å². The van der Waals surface area contributed by atoms with Crippen LogP contribution in [0.3, 0.4) is 0 Å². The number of esters is 1. The number of amides is 2. The Morgan fingerprint density at radius 3 is 2.86 bits per heavy atom. The van der Waals surface area contributed by atoms with Gasteiger partial charge in [0.1, 0.15) is 5.25 Å². The Balaban J connectivity index is 2.01. The predicted octanol–water partition coefficient (Wildman–Crippen LogP) is 0.876. The molecule has 114 valence electrons. The molecule has 21 heavy (non-hydrogen) atoms. The first kappa shape index (κ1) is 15.5. The average Bonchev–Trinajstić information content (AvgIpc) is 3.01. The van der Waals surface area contributed by atoms with Crippen molar-refractivity contribution >= 4 is 29.5 Å². The summed E-state index contributed by atoms with van der Waals surface area (Å²) in [6.07, 6.45) is 0.809. The van der Waals surface area contributed by atoms with Crippen LogP contribution in [-0.4, -0.2) is 51.3 Å². The molecule has 1 aliphatic heterocycles. The number of aromatic nitrogens is 2. The summed E-state index contributed by atoms with van der Waals surface area (Å²) < 4.78 is 9.85. The minimum absolute atomic E-state index is 0.0718. The molecule has 2 amide bonds. The van der Waals surface area contributed by atoms with Crippen molar-refractivity contribution in [1.82, 2.24) is 15.1 Å². The van der Waals surface area contributed by atoms with Crippen molar-refractivity contribution in [2.24, 2.45) is 0 Å². The van der Waals surface area contributed by atoms with Crippen molar-refractivity contribution < 1.29 is 23.5 Å². The highest BCUT2D eigenvalue weighted by atomic mass is 32.2. The third-order valence-corrected chi connectivity index (χ3v) is 3.77. The zero-order valence-electron chi connectivity index (χ0n) is 11.7. The summed E-state index contributed by atoms with van der Waals surface area (Å²) in [6, 6.07) is 0. The molecule has 1 saturated heterocycles. The van der Waals surface area contributed by atoms with Gasteiger partial charge in [-0.3, -0.25) is 14.5 Å². The Kier molecular flexibility index (Phi) is 4.94. The van der Waals surface area contributed by atoms with Gasteiger partial charge in [0.05, 0.1) is 6.61 Å². The first-order valence-corrected chi connectivity index (χ1v) is 7.46. The summed E-state index contributed by atoms with van der Waals surface area (Å²) in [5.41, 5.74) is 0. The summed E-state index contributed by atoms with van der Waals surface area (Å²) in [6.45, 7) is 4.16. The van der Waals surface area contributed by atoms with E-state index in [9.17, 15) is 14.4 Å². The van der Waals surface area contributed by atoms with Gasteiger partial charge >= 0.3 is 11.9 Å². The third-order valence-electron chi connectivity index (χ3n) is 2.75. The molecule has 0 aromatic carbocycles. The fourth-order valence-electron chi connectivity index (χ4n) is 1.86. The van der Waals surface area contributed by atoms with Gasteiger partial charge < -0.3 is 9.15 Å². The number of ether oxygens (including phenoxy) is 1. The van der Waals surface area contributed by atoms with Crippen LogP contribution in [0.5, 0.6) is 0 Å². The molecule has 2 heterocycles. The molecule has 1 fully saturated rings. The maximum absolute atomic E-state index is 12.1. The van der Waals surface area contributed by atoms with Gasteiger partial charge in [-0.1, -0.05) is 23.8 Å². The van der Waals surface area contributed by atoms with Gasteiger partial charge in [-0.05, 0) is 13.3 Å². The Morgan fingerprint density at radius 2 is 2.19 bits per heavy atom. The lowest BCUT2D eigenvalue weighted by molar-refractivity contribution is -0.138. The summed E-state index contributed by atoms with van der Waals surface area (Å²) in [7, 11) is 0. The van der Waals surface area contributed by atoms with Crippen LogP contribution >= 0.6 is 11.8 Å². The number of hydrogen-bond donors (Lipinski definition) is 0. The first-order chi connectivity index (χ1) is 10.1. The molecular weight excluding hydrogens is 298 g/mol. The number of likely N-dealkylation sites (tertiary alicyclic amines) is 1. The van der Waals surface area contributed by atoms with Crippen molar-refractivity contribution in [3.05, 3.63) is 5.89 Å². The summed E-state index contributed by atoms with van der Waals surface area (Å²) in [5.74, 6) is -1.44.